The molecule has 7 heteroatoms. The fourth-order valence-electron chi connectivity index (χ4n) is 1.47. The average molecular weight is 261 g/mol. The predicted molar refractivity (Wildman–Crippen MR) is 73.7 cm³/mol. The normalized spacial score (nSPS) is 10.0. The lowest BCUT2D eigenvalue weighted by atomic mass is 10.3. The van der Waals surface area contributed by atoms with Crippen LogP contribution in [0, 0.1) is 0 Å². The molecule has 1 aromatic carbocycles. The van der Waals surface area contributed by atoms with E-state index in [2.05, 4.69) is 15.3 Å². The van der Waals surface area contributed by atoms with Crippen molar-refractivity contribution in [2.75, 3.05) is 31.0 Å². The lowest BCUT2D eigenvalue weighted by molar-refractivity contribution is 0.395. The van der Waals surface area contributed by atoms with Gasteiger partial charge in [-0.2, -0.15) is 4.98 Å². The molecule has 19 heavy (non-hydrogen) atoms. The molecule has 0 radical (unpaired) electrons. The maximum atomic E-state index is 5.62. The second-order valence-electron chi connectivity index (χ2n) is 3.76. The fraction of sp³-hybridized carbons (Fsp3) is 0.167. The summed E-state index contributed by atoms with van der Waals surface area (Å²) < 4.78 is 10.3. The first-order chi connectivity index (χ1) is 9.12. The molecule has 0 spiro atoms. The van der Waals surface area contributed by atoms with Crippen molar-refractivity contribution in [2.45, 2.75) is 0 Å². The van der Waals surface area contributed by atoms with Crippen molar-refractivity contribution >= 4 is 23.1 Å². The number of anilines is 4. The van der Waals surface area contributed by atoms with Gasteiger partial charge in [0.05, 0.1) is 26.1 Å². The van der Waals surface area contributed by atoms with Crippen molar-refractivity contribution in [3.05, 3.63) is 24.4 Å². The van der Waals surface area contributed by atoms with Gasteiger partial charge in [-0.05, 0) is 0 Å². The molecule has 0 bridgehead atoms. The zero-order chi connectivity index (χ0) is 13.8. The van der Waals surface area contributed by atoms with Crippen LogP contribution in [-0.4, -0.2) is 24.2 Å². The third-order valence-corrected chi connectivity index (χ3v) is 2.46. The Morgan fingerprint density at radius 3 is 2.21 bits per heavy atom. The minimum Gasteiger partial charge on any atom is -0.497 e. The van der Waals surface area contributed by atoms with Crippen LogP contribution in [0.3, 0.4) is 0 Å². The van der Waals surface area contributed by atoms with E-state index in [0.717, 1.165) is 5.69 Å². The summed E-state index contributed by atoms with van der Waals surface area (Å²) in [7, 11) is 3.16. The second-order valence-corrected chi connectivity index (χ2v) is 3.76. The molecule has 0 unspecified atom stereocenters. The van der Waals surface area contributed by atoms with Gasteiger partial charge in [-0.1, -0.05) is 0 Å². The van der Waals surface area contributed by atoms with E-state index in [1.165, 1.54) is 6.20 Å². The van der Waals surface area contributed by atoms with Crippen LogP contribution in [0.15, 0.2) is 24.4 Å². The quantitative estimate of drug-likeness (QED) is 0.763. The smallest absolute Gasteiger partial charge is 0.229 e. The van der Waals surface area contributed by atoms with E-state index in [0.29, 0.717) is 23.1 Å². The number of ether oxygens (including phenoxy) is 2. The third kappa shape index (κ3) is 2.95. The first-order valence-corrected chi connectivity index (χ1v) is 5.50. The Hall–Kier alpha value is -2.70. The Labute approximate surface area is 110 Å². The summed E-state index contributed by atoms with van der Waals surface area (Å²) in [6, 6.07) is 5.35. The van der Waals surface area contributed by atoms with E-state index in [-0.39, 0.29) is 5.82 Å². The molecule has 0 aliphatic rings. The Kier molecular flexibility index (Phi) is 3.56. The van der Waals surface area contributed by atoms with E-state index in [4.69, 9.17) is 20.9 Å². The largest absolute Gasteiger partial charge is 0.497 e. The maximum Gasteiger partial charge on any atom is 0.229 e. The molecule has 0 fully saturated rings. The highest BCUT2D eigenvalue weighted by molar-refractivity contribution is 5.63. The molecule has 0 aliphatic heterocycles. The Morgan fingerprint density at radius 2 is 1.68 bits per heavy atom. The highest BCUT2D eigenvalue weighted by Gasteiger charge is 2.05. The summed E-state index contributed by atoms with van der Waals surface area (Å²) >= 11 is 0. The minimum atomic E-state index is 0.229. The summed E-state index contributed by atoms with van der Waals surface area (Å²) in [5.41, 5.74) is 12.2. The van der Waals surface area contributed by atoms with E-state index < -0.39 is 0 Å². The monoisotopic (exact) mass is 261 g/mol. The standard InChI is InChI=1S/C12H15N5O2/c1-18-8-3-7(4-9(5-8)19-2)16-12-15-6-10(13)11(14)17-12/h3-6H,13H2,1-2H3,(H3,14,15,16,17). The molecular formula is C12H15N5O2. The van der Waals surface area contributed by atoms with Crippen molar-refractivity contribution < 1.29 is 9.47 Å². The molecule has 100 valence electrons. The highest BCUT2D eigenvalue weighted by atomic mass is 16.5. The molecule has 2 rings (SSSR count). The number of nitrogen functional groups attached to an aromatic ring is 2. The molecule has 0 amide bonds. The number of hydrogen-bond acceptors (Lipinski definition) is 7. The Balaban J connectivity index is 2.29. The first-order valence-electron chi connectivity index (χ1n) is 5.50. The van der Waals surface area contributed by atoms with Gasteiger partial charge in [-0.15, -0.1) is 0 Å². The number of hydrogen-bond donors (Lipinski definition) is 3. The molecule has 5 N–H and O–H groups in total. The summed E-state index contributed by atoms with van der Waals surface area (Å²) in [4.78, 5) is 8.06. The molecule has 7 nitrogen and oxygen atoms in total. The average Bonchev–Trinajstić information content (AvgIpc) is 2.42. The van der Waals surface area contributed by atoms with Crippen LogP contribution in [0.2, 0.25) is 0 Å². The van der Waals surface area contributed by atoms with Crippen LogP contribution in [0.4, 0.5) is 23.1 Å². The van der Waals surface area contributed by atoms with Crippen LogP contribution in [0.5, 0.6) is 11.5 Å². The zero-order valence-corrected chi connectivity index (χ0v) is 10.7. The SMILES string of the molecule is COc1cc(Nc2ncc(N)c(N)n2)cc(OC)c1. The van der Waals surface area contributed by atoms with E-state index in [9.17, 15) is 0 Å². The summed E-state index contributed by atoms with van der Waals surface area (Å²) in [6.45, 7) is 0. The van der Waals surface area contributed by atoms with Crippen molar-refractivity contribution in [3.8, 4) is 11.5 Å². The second kappa shape index (κ2) is 5.30. The van der Waals surface area contributed by atoms with Gasteiger partial charge in [0.25, 0.3) is 0 Å². The number of nitrogens with two attached hydrogens (primary N) is 2. The maximum absolute atomic E-state index is 5.62. The number of benzene rings is 1. The Bertz CT molecular complexity index is 566. The van der Waals surface area contributed by atoms with Crippen molar-refractivity contribution in [2.24, 2.45) is 0 Å². The minimum absolute atomic E-state index is 0.229. The van der Waals surface area contributed by atoms with Gasteiger partial charge >= 0.3 is 0 Å². The number of methoxy groups -OCH3 is 2. The number of aromatic nitrogens is 2. The lowest BCUT2D eigenvalue weighted by Gasteiger charge is -2.10. The molecule has 1 aromatic heterocycles. The van der Waals surface area contributed by atoms with E-state index in [1.807, 2.05) is 0 Å². The predicted octanol–water partition coefficient (Wildman–Crippen LogP) is 1.40. The van der Waals surface area contributed by atoms with Crippen molar-refractivity contribution in [1.82, 2.24) is 9.97 Å². The molecule has 0 atom stereocenters. The molecular weight excluding hydrogens is 246 g/mol. The molecule has 1 heterocycles. The van der Waals surface area contributed by atoms with Gasteiger partial charge in [0.2, 0.25) is 5.95 Å². The van der Waals surface area contributed by atoms with Crippen LogP contribution in [0.1, 0.15) is 0 Å². The van der Waals surface area contributed by atoms with Crippen molar-refractivity contribution in [3.63, 3.8) is 0 Å². The zero-order valence-electron chi connectivity index (χ0n) is 10.7. The topological polar surface area (TPSA) is 108 Å². The molecule has 2 aromatic rings. The van der Waals surface area contributed by atoms with Crippen molar-refractivity contribution in [1.29, 1.82) is 0 Å². The van der Waals surface area contributed by atoms with E-state index >= 15 is 0 Å². The summed E-state index contributed by atoms with van der Waals surface area (Å²) in [5.74, 6) is 1.89. The van der Waals surface area contributed by atoms with Gasteiger partial charge in [0, 0.05) is 23.9 Å². The lowest BCUT2D eigenvalue weighted by Crippen LogP contribution is -2.03. The summed E-state index contributed by atoms with van der Waals surface area (Å²) in [5, 5.41) is 3.00. The number of nitrogens with one attached hydrogen (secondary N) is 1. The third-order valence-electron chi connectivity index (χ3n) is 2.46. The molecule has 0 saturated heterocycles. The van der Waals surface area contributed by atoms with Gasteiger partial charge in [0.15, 0.2) is 5.82 Å². The Morgan fingerprint density at radius 1 is 1.05 bits per heavy atom. The van der Waals surface area contributed by atoms with Gasteiger partial charge in [-0.3, -0.25) is 0 Å². The summed E-state index contributed by atoms with van der Waals surface area (Å²) in [6.07, 6.45) is 1.45. The number of nitrogens with zero attached hydrogens (tertiary/aromatic N) is 2. The van der Waals surface area contributed by atoms with Crippen LogP contribution in [0.25, 0.3) is 0 Å². The first kappa shape index (κ1) is 12.7. The van der Waals surface area contributed by atoms with Crippen LogP contribution >= 0.6 is 0 Å². The van der Waals surface area contributed by atoms with E-state index in [1.54, 1.807) is 32.4 Å². The molecule has 0 aliphatic carbocycles. The van der Waals surface area contributed by atoms with Gasteiger partial charge in [-0.25, -0.2) is 4.98 Å². The van der Waals surface area contributed by atoms with Crippen LogP contribution < -0.4 is 26.3 Å². The van der Waals surface area contributed by atoms with Gasteiger partial charge in [0.1, 0.15) is 11.5 Å². The highest BCUT2D eigenvalue weighted by Crippen LogP contribution is 2.27. The number of rotatable bonds is 4. The van der Waals surface area contributed by atoms with Crippen LogP contribution in [-0.2, 0) is 0 Å². The van der Waals surface area contributed by atoms with Gasteiger partial charge < -0.3 is 26.3 Å². The molecule has 0 saturated carbocycles. The fourth-order valence-corrected chi connectivity index (χ4v) is 1.47.